The van der Waals surface area contributed by atoms with Crippen LogP contribution in [0, 0.1) is 5.92 Å². The lowest BCUT2D eigenvalue weighted by Gasteiger charge is -2.12. The zero-order chi connectivity index (χ0) is 13.2. The molecule has 1 unspecified atom stereocenters. The summed E-state index contributed by atoms with van der Waals surface area (Å²) in [5.41, 5.74) is 0. The maximum absolute atomic E-state index is 12.1. The topological polar surface area (TPSA) is 58.2 Å². The number of hydrogen-bond acceptors (Lipinski definition) is 3. The highest BCUT2D eigenvalue weighted by molar-refractivity contribution is 7.89. The van der Waals surface area contributed by atoms with Gasteiger partial charge >= 0.3 is 0 Å². The van der Waals surface area contributed by atoms with Crippen LogP contribution in [0.25, 0.3) is 0 Å². The molecule has 1 saturated heterocycles. The van der Waals surface area contributed by atoms with Crippen LogP contribution in [-0.4, -0.2) is 28.1 Å². The zero-order valence-electron chi connectivity index (χ0n) is 9.62. The van der Waals surface area contributed by atoms with Gasteiger partial charge in [0.1, 0.15) is 4.90 Å². The highest BCUT2D eigenvalue weighted by Crippen LogP contribution is 2.28. The van der Waals surface area contributed by atoms with Gasteiger partial charge in [0.05, 0.1) is 10.0 Å². The molecule has 1 atom stereocenters. The van der Waals surface area contributed by atoms with E-state index in [0.717, 1.165) is 19.5 Å². The molecular weight excluding hydrogens is 295 g/mol. The number of sulfonamides is 1. The predicted molar refractivity (Wildman–Crippen MR) is 72.6 cm³/mol. The molecule has 0 saturated carbocycles. The number of hydrogen-bond donors (Lipinski definition) is 2. The molecule has 1 fully saturated rings. The third-order valence-electron chi connectivity index (χ3n) is 2.93. The summed E-state index contributed by atoms with van der Waals surface area (Å²) in [5, 5.41) is 3.49. The second-order valence-corrected chi connectivity index (χ2v) is 6.78. The van der Waals surface area contributed by atoms with Crippen molar-refractivity contribution in [2.75, 3.05) is 19.6 Å². The summed E-state index contributed by atoms with van der Waals surface area (Å²) in [5.74, 6) is 0.331. The Morgan fingerprint density at radius 3 is 2.83 bits per heavy atom. The first-order valence-corrected chi connectivity index (χ1v) is 7.89. The van der Waals surface area contributed by atoms with E-state index in [1.807, 2.05) is 0 Å². The van der Waals surface area contributed by atoms with Crippen molar-refractivity contribution in [3.63, 3.8) is 0 Å². The largest absolute Gasteiger partial charge is 0.316 e. The number of rotatable bonds is 4. The summed E-state index contributed by atoms with van der Waals surface area (Å²) in [6, 6.07) is 4.58. The van der Waals surface area contributed by atoms with Crippen molar-refractivity contribution in [1.29, 1.82) is 0 Å². The van der Waals surface area contributed by atoms with Gasteiger partial charge in [0.25, 0.3) is 0 Å². The summed E-state index contributed by atoms with van der Waals surface area (Å²) in [6.45, 7) is 2.19. The fraction of sp³-hybridized carbons (Fsp3) is 0.455. The van der Waals surface area contributed by atoms with Gasteiger partial charge in [0, 0.05) is 6.54 Å². The molecule has 1 aliphatic rings. The van der Waals surface area contributed by atoms with Crippen LogP contribution in [0.2, 0.25) is 10.0 Å². The van der Waals surface area contributed by atoms with Gasteiger partial charge in [-0.25, -0.2) is 13.1 Å². The van der Waals surface area contributed by atoms with Gasteiger partial charge in [0.2, 0.25) is 10.0 Å². The third-order valence-corrected chi connectivity index (χ3v) is 5.33. The van der Waals surface area contributed by atoms with Gasteiger partial charge in [-0.15, -0.1) is 0 Å². The molecule has 0 amide bonds. The first-order valence-electron chi connectivity index (χ1n) is 5.65. The summed E-state index contributed by atoms with van der Waals surface area (Å²) < 4.78 is 26.7. The predicted octanol–water partition coefficient (Wildman–Crippen LogP) is 1.88. The molecule has 0 aromatic heterocycles. The van der Waals surface area contributed by atoms with Crippen molar-refractivity contribution in [1.82, 2.24) is 10.0 Å². The Morgan fingerprint density at radius 2 is 2.17 bits per heavy atom. The Morgan fingerprint density at radius 1 is 1.39 bits per heavy atom. The molecule has 1 aromatic rings. The van der Waals surface area contributed by atoms with E-state index in [9.17, 15) is 8.42 Å². The van der Waals surface area contributed by atoms with Crippen LogP contribution in [-0.2, 0) is 10.0 Å². The minimum Gasteiger partial charge on any atom is -0.316 e. The average Bonchev–Trinajstić information content (AvgIpc) is 2.83. The summed E-state index contributed by atoms with van der Waals surface area (Å²) in [4.78, 5) is 0.0302. The van der Waals surface area contributed by atoms with E-state index < -0.39 is 10.0 Å². The summed E-state index contributed by atoms with van der Waals surface area (Å²) >= 11 is 11.7. The van der Waals surface area contributed by atoms with E-state index >= 15 is 0 Å². The van der Waals surface area contributed by atoms with E-state index in [1.54, 1.807) is 12.1 Å². The average molecular weight is 309 g/mol. The molecule has 0 aliphatic carbocycles. The lowest BCUT2D eigenvalue weighted by Crippen LogP contribution is -2.30. The van der Waals surface area contributed by atoms with Crippen LogP contribution in [0.3, 0.4) is 0 Å². The highest BCUT2D eigenvalue weighted by Gasteiger charge is 2.22. The van der Waals surface area contributed by atoms with Gasteiger partial charge in [-0.2, -0.15) is 0 Å². The van der Waals surface area contributed by atoms with Crippen molar-refractivity contribution >= 4 is 33.2 Å². The monoisotopic (exact) mass is 308 g/mol. The van der Waals surface area contributed by atoms with E-state index in [-0.39, 0.29) is 14.9 Å². The molecule has 0 spiro atoms. The van der Waals surface area contributed by atoms with Crippen molar-refractivity contribution in [2.24, 2.45) is 5.92 Å². The molecule has 1 aromatic carbocycles. The van der Waals surface area contributed by atoms with E-state index in [1.165, 1.54) is 6.07 Å². The van der Waals surface area contributed by atoms with Crippen LogP contribution in [0.15, 0.2) is 23.1 Å². The summed E-state index contributed by atoms with van der Waals surface area (Å²) in [7, 11) is -3.60. The lowest BCUT2D eigenvalue weighted by molar-refractivity contribution is 0.539. The van der Waals surface area contributed by atoms with Crippen molar-refractivity contribution in [3.8, 4) is 0 Å². The third kappa shape index (κ3) is 3.16. The standard InChI is InChI=1S/C11H14Cl2N2O2S/c12-9-2-1-3-10(11(9)13)18(16,17)15-7-8-4-5-14-6-8/h1-3,8,14-15H,4-7H2. The number of benzene rings is 1. The van der Waals surface area contributed by atoms with E-state index in [4.69, 9.17) is 23.2 Å². The molecule has 4 nitrogen and oxygen atoms in total. The lowest BCUT2D eigenvalue weighted by atomic mass is 10.1. The number of nitrogens with one attached hydrogen (secondary N) is 2. The Bertz CT molecular complexity index is 528. The van der Waals surface area contributed by atoms with Crippen LogP contribution in [0.5, 0.6) is 0 Å². The van der Waals surface area contributed by atoms with Gasteiger partial charge < -0.3 is 5.32 Å². The van der Waals surface area contributed by atoms with Gasteiger partial charge in [-0.05, 0) is 37.6 Å². The number of halogens is 2. The molecule has 0 bridgehead atoms. The first kappa shape index (κ1) is 14.1. The second-order valence-electron chi connectivity index (χ2n) is 4.26. The normalized spacial score (nSPS) is 20.2. The molecular formula is C11H14Cl2N2O2S. The Labute approximate surface area is 117 Å². The molecule has 2 rings (SSSR count). The van der Waals surface area contributed by atoms with Crippen LogP contribution in [0.1, 0.15) is 6.42 Å². The maximum Gasteiger partial charge on any atom is 0.242 e. The molecule has 18 heavy (non-hydrogen) atoms. The first-order chi connectivity index (χ1) is 8.50. The smallest absolute Gasteiger partial charge is 0.242 e. The van der Waals surface area contributed by atoms with E-state index in [0.29, 0.717) is 12.5 Å². The highest BCUT2D eigenvalue weighted by atomic mass is 35.5. The fourth-order valence-electron chi connectivity index (χ4n) is 1.89. The van der Waals surface area contributed by atoms with Gasteiger partial charge in [-0.1, -0.05) is 29.3 Å². The minimum atomic E-state index is -3.60. The van der Waals surface area contributed by atoms with Crippen LogP contribution < -0.4 is 10.0 Å². The van der Waals surface area contributed by atoms with E-state index in [2.05, 4.69) is 10.0 Å². The van der Waals surface area contributed by atoms with Crippen LogP contribution >= 0.6 is 23.2 Å². The Kier molecular flexibility index (Phi) is 4.50. The van der Waals surface area contributed by atoms with Gasteiger partial charge in [-0.3, -0.25) is 0 Å². The zero-order valence-corrected chi connectivity index (χ0v) is 11.9. The molecule has 7 heteroatoms. The fourth-order valence-corrected chi connectivity index (χ4v) is 3.76. The molecule has 1 aliphatic heterocycles. The minimum absolute atomic E-state index is 0.0302. The molecule has 1 heterocycles. The van der Waals surface area contributed by atoms with Crippen molar-refractivity contribution < 1.29 is 8.42 Å². The van der Waals surface area contributed by atoms with Crippen LogP contribution in [0.4, 0.5) is 0 Å². The Balaban J connectivity index is 2.12. The van der Waals surface area contributed by atoms with Gasteiger partial charge in [0.15, 0.2) is 0 Å². The SMILES string of the molecule is O=S(=O)(NCC1CCNC1)c1cccc(Cl)c1Cl. The quantitative estimate of drug-likeness (QED) is 0.893. The maximum atomic E-state index is 12.1. The van der Waals surface area contributed by atoms with Crippen molar-refractivity contribution in [3.05, 3.63) is 28.2 Å². The molecule has 0 radical (unpaired) electrons. The van der Waals surface area contributed by atoms with Crippen molar-refractivity contribution in [2.45, 2.75) is 11.3 Å². The second kappa shape index (κ2) is 5.75. The molecule has 100 valence electrons. The Hall–Kier alpha value is -0.330. The summed E-state index contributed by atoms with van der Waals surface area (Å²) in [6.07, 6.45) is 0.978. The molecule has 2 N–H and O–H groups in total.